The third kappa shape index (κ3) is 2.46. The summed E-state index contributed by atoms with van der Waals surface area (Å²) in [5, 5.41) is 1.26. The van der Waals surface area contributed by atoms with Gasteiger partial charge in [-0.3, -0.25) is 0 Å². The summed E-state index contributed by atoms with van der Waals surface area (Å²) in [4.78, 5) is 0. The van der Waals surface area contributed by atoms with E-state index in [0.29, 0.717) is 16.4 Å². The summed E-state index contributed by atoms with van der Waals surface area (Å²) in [6.07, 6.45) is 5.17. The average Bonchev–Trinajstić information content (AvgIpc) is 3.14. The number of thioether (sulfide) groups is 2. The number of rotatable bonds is 2. The first-order valence-electron chi connectivity index (χ1n) is 9.39. The van der Waals surface area contributed by atoms with Crippen LogP contribution in [0.15, 0.2) is 78.4 Å². The molecule has 2 aliphatic heterocycles. The number of benzene rings is 2. The maximum absolute atomic E-state index is 2.60. The highest BCUT2D eigenvalue weighted by atomic mass is 32.2. The minimum atomic E-state index is 0.0447. The molecule has 1 fully saturated rings. The minimum Gasteiger partial charge on any atom is -0.129 e. The van der Waals surface area contributed by atoms with E-state index in [9.17, 15) is 0 Å². The fourth-order valence-electron chi connectivity index (χ4n) is 4.54. The summed E-state index contributed by atoms with van der Waals surface area (Å²) in [5.74, 6) is 0.536. The third-order valence-corrected chi connectivity index (χ3v) is 9.58. The van der Waals surface area contributed by atoms with E-state index < -0.39 is 0 Å². The lowest BCUT2D eigenvalue weighted by Crippen LogP contribution is -2.24. The Morgan fingerprint density at radius 2 is 1.50 bits per heavy atom. The molecule has 1 aliphatic carbocycles. The Hall–Kier alpha value is -1.38. The van der Waals surface area contributed by atoms with E-state index in [1.54, 1.807) is 5.57 Å². The fourth-order valence-corrected chi connectivity index (χ4v) is 8.96. The van der Waals surface area contributed by atoms with Gasteiger partial charge < -0.3 is 0 Å². The standard InChI is InChI=1S/C24H24S2/c1-23(2,3)20-14-18-19(16-10-6-4-7-11-16)15-24(17-12-8-5-9-13-17)25-21(18)22(20)26-24/h4-15,18,21-22H,1-3H3/t18-,21?,22-,24+/m1/s1. The summed E-state index contributed by atoms with van der Waals surface area (Å²) in [7, 11) is 0. The van der Waals surface area contributed by atoms with Gasteiger partial charge in [0.05, 0.1) is 0 Å². The highest BCUT2D eigenvalue weighted by Crippen LogP contribution is 2.71. The first kappa shape index (κ1) is 16.8. The Labute approximate surface area is 165 Å². The van der Waals surface area contributed by atoms with Gasteiger partial charge in [0.2, 0.25) is 0 Å². The van der Waals surface area contributed by atoms with Crippen molar-refractivity contribution in [2.45, 2.75) is 35.4 Å². The largest absolute Gasteiger partial charge is 0.129 e. The maximum atomic E-state index is 2.60. The number of hydrogen-bond donors (Lipinski definition) is 0. The summed E-state index contributed by atoms with van der Waals surface area (Å²) >= 11 is 4.36. The van der Waals surface area contributed by atoms with Gasteiger partial charge in [-0.15, -0.1) is 23.5 Å². The van der Waals surface area contributed by atoms with Crippen molar-refractivity contribution < 1.29 is 0 Å². The second-order valence-electron chi connectivity index (χ2n) is 8.52. The van der Waals surface area contributed by atoms with Crippen molar-refractivity contribution in [3.63, 3.8) is 0 Å². The molecule has 0 spiro atoms. The molecule has 0 N–H and O–H groups in total. The molecule has 1 saturated heterocycles. The van der Waals surface area contributed by atoms with Crippen LogP contribution in [0, 0.1) is 11.3 Å². The second kappa shape index (κ2) is 5.81. The highest BCUT2D eigenvalue weighted by Gasteiger charge is 2.58. The van der Waals surface area contributed by atoms with Gasteiger partial charge in [0, 0.05) is 16.4 Å². The molecule has 2 aromatic carbocycles. The Kier molecular flexibility index (Phi) is 3.75. The summed E-state index contributed by atoms with van der Waals surface area (Å²) in [5.41, 5.74) is 6.22. The van der Waals surface area contributed by atoms with Crippen molar-refractivity contribution in [2.75, 3.05) is 0 Å². The van der Waals surface area contributed by atoms with Crippen LogP contribution in [0.3, 0.4) is 0 Å². The van der Waals surface area contributed by atoms with Crippen LogP contribution in [0.25, 0.3) is 5.57 Å². The third-order valence-electron chi connectivity index (χ3n) is 5.79. The van der Waals surface area contributed by atoms with Gasteiger partial charge in [0.15, 0.2) is 0 Å². The topological polar surface area (TPSA) is 0 Å². The van der Waals surface area contributed by atoms with Crippen molar-refractivity contribution in [3.05, 3.63) is 89.5 Å². The molecule has 0 radical (unpaired) electrons. The van der Waals surface area contributed by atoms with Crippen molar-refractivity contribution >= 4 is 29.1 Å². The molecule has 2 heteroatoms. The second-order valence-corrected chi connectivity index (χ2v) is 11.6. The van der Waals surface area contributed by atoms with Crippen molar-refractivity contribution in [1.82, 2.24) is 0 Å². The molecule has 132 valence electrons. The predicted molar refractivity (Wildman–Crippen MR) is 116 cm³/mol. The van der Waals surface area contributed by atoms with Gasteiger partial charge in [-0.05, 0) is 28.2 Å². The zero-order valence-electron chi connectivity index (χ0n) is 15.5. The van der Waals surface area contributed by atoms with E-state index in [0.717, 1.165) is 0 Å². The molecule has 0 aromatic heterocycles. The Morgan fingerprint density at radius 1 is 0.846 bits per heavy atom. The van der Waals surface area contributed by atoms with Crippen LogP contribution in [0.2, 0.25) is 0 Å². The van der Waals surface area contributed by atoms with Gasteiger partial charge in [0.1, 0.15) is 4.08 Å². The molecule has 2 bridgehead atoms. The molecule has 0 amide bonds. The van der Waals surface area contributed by atoms with E-state index in [1.807, 2.05) is 0 Å². The average molecular weight is 377 g/mol. The monoisotopic (exact) mass is 376 g/mol. The van der Waals surface area contributed by atoms with Crippen LogP contribution in [0.4, 0.5) is 0 Å². The Balaban J connectivity index is 1.70. The molecular weight excluding hydrogens is 352 g/mol. The normalized spacial score (nSPS) is 32.3. The Bertz CT molecular complexity index is 889. The zero-order valence-corrected chi connectivity index (χ0v) is 17.1. The number of hydrogen-bond acceptors (Lipinski definition) is 2. The number of allylic oxidation sites excluding steroid dienone is 2. The summed E-state index contributed by atoms with van der Waals surface area (Å²) < 4.78 is 0.0447. The van der Waals surface area contributed by atoms with Crippen molar-refractivity contribution in [2.24, 2.45) is 11.3 Å². The lowest BCUT2D eigenvalue weighted by atomic mass is 9.85. The number of fused-ring (bicyclic) bond motifs is 1. The van der Waals surface area contributed by atoms with E-state index in [-0.39, 0.29) is 9.49 Å². The van der Waals surface area contributed by atoms with Crippen molar-refractivity contribution in [1.29, 1.82) is 0 Å². The van der Waals surface area contributed by atoms with Crippen LogP contribution in [0.5, 0.6) is 0 Å². The van der Waals surface area contributed by atoms with E-state index in [1.165, 1.54) is 16.7 Å². The van der Waals surface area contributed by atoms with Crippen molar-refractivity contribution in [3.8, 4) is 0 Å². The van der Waals surface area contributed by atoms with Crippen LogP contribution < -0.4 is 0 Å². The van der Waals surface area contributed by atoms with Crippen LogP contribution in [0.1, 0.15) is 31.9 Å². The highest BCUT2D eigenvalue weighted by molar-refractivity contribution is 8.21. The smallest absolute Gasteiger partial charge is 0.106 e. The molecule has 4 atom stereocenters. The van der Waals surface area contributed by atoms with E-state index in [2.05, 4.69) is 117 Å². The fraction of sp³-hybridized carbons (Fsp3) is 0.333. The van der Waals surface area contributed by atoms with Crippen LogP contribution in [-0.2, 0) is 4.08 Å². The maximum Gasteiger partial charge on any atom is 0.106 e. The van der Waals surface area contributed by atoms with Gasteiger partial charge >= 0.3 is 0 Å². The Morgan fingerprint density at radius 3 is 2.15 bits per heavy atom. The van der Waals surface area contributed by atoms with Gasteiger partial charge in [-0.25, -0.2) is 0 Å². The molecule has 0 nitrogen and oxygen atoms in total. The molecule has 2 heterocycles. The van der Waals surface area contributed by atoms with Gasteiger partial charge in [-0.1, -0.05) is 93.1 Å². The molecule has 1 unspecified atom stereocenters. The first-order valence-corrected chi connectivity index (χ1v) is 11.2. The minimum absolute atomic E-state index is 0.0447. The SMILES string of the molecule is CC(C)(C)C1=C[C@@H]2C(c3ccccc3)=C[C@]3(c4ccccc4)SC2[C@@H]1S3. The molecule has 3 aliphatic rings. The molecule has 5 rings (SSSR count). The van der Waals surface area contributed by atoms with Gasteiger partial charge in [0.25, 0.3) is 0 Å². The molecule has 26 heavy (non-hydrogen) atoms. The molecule has 2 aromatic rings. The summed E-state index contributed by atoms with van der Waals surface area (Å²) in [6.45, 7) is 7.12. The van der Waals surface area contributed by atoms with Crippen LogP contribution in [-0.4, -0.2) is 10.5 Å². The first-order chi connectivity index (χ1) is 12.5. The summed E-state index contributed by atoms with van der Waals surface area (Å²) in [6, 6.07) is 22.1. The lowest BCUT2D eigenvalue weighted by Gasteiger charge is -2.34. The van der Waals surface area contributed by atoms with E-state index >= 15 is 0 Å². The molecular formula is C24H24S2. The van der Waals surface area contributed by atoms with E-state index in [4.69, 9.17) is 0 Å². The zero-order chi connectivity index (χ0) is 17.9. The molecule has 0 saturated carbocycles. The predicted octanol–water partition coefficient (Wildman–Crippen LogP) is 6.76. The van der Waals surface area contributed by atoms with Gasteiger partial charge in [-0.2, -0.15) is 0 Å². The quantitative estimate of drug-likeness (QED) is 0.531. The lowest BCUT2D eigenvalue weighted by molar-refractivity contribution is 0.494. The van der Waals surface area contributed by atoms with Crippen LogP contribution >= 0.6 is 23.5 Å².